The molecule has 0 bridgehead atoms. The highest BCUT2D eigenvalue weighted by atomic mass is 32.2. The lowest BCUT2D eigenvalue weighted by Crippen LogP contribution is -2.17. The third kappa shape index (κ3) is 4.10. The van der Waals surface area contributed by atoms with Gasteiger partial charge in [0.05, 0.1) is 10.6 Å². The Morgan fingerprint density at radius 3 is 2.27 bits per heavy atom. The molecule has 22 heavy (non-hydrogen) atoms. The second-order valence-corrected chi connectivity index (χ2v) is 6.30. The first-order valence-electron chi connectivity index (χ1n) is 5.92. The molecule has 1 aromatic carbocycles. The zero-order chi connectivity index (χ0) is 16.4. The Balaban J connectivity index is 2.23. The van der Waals surface area contributed by atoms with Crippen molar-refractivity contribution in [3.63, 3.8) is 0 Å². The van der Waals surface area contributed by atoms with Crippen molar-refractivity contribution in [3.8, 4) is 5.75 Å². The van der Waals surface area contributed by atoms with Gasteiger partial charge < -0.3 is 9.72 Å². The number of aromatic nitrogens is 1. The van der Waals surface area contributed by atoms with Crippen LogP contribution in [0, 0.1) is 0 Å². The molecular formula is C13H10F3NO4S. The highest BCUT2D eigenvalue weighted by Gasteiger charge is 2.31. The number of rotatable bonds is 4. The molecule has 0 aliphatic heterocycles. The minimum Gasteiger partial charge on any atom is -0.406 e. The maximum atomic E-state index is 12.1. The van der Waals surface area contributed by atoms with Crippen molar-refractivity contribution in [2.24, 2.45) is 0 Å². The number of hydrogen-bond acceptors (Lipinski definition) is 4. The fourth-order valence-electron chi connectivity index (χ4n) is 1.70. The summed E-state index contributed by atoms with van der Waals surface area (Å²) in [6.07, 6.45) is -2.22. The van der Waals surface area contributed by atoms with Gasteiger partial charge in [-0.25, -0.2) is 8.42 Å². The molecular weight excluding hydrogens is 323 g/mol. The summed E-state index contributed by atoms with van der Waals surface area (Å²) >= 11 is 0. The Hall–Kier alpha value is -2.29. The average molecular weight is 333 g/mol. The van der Waals surface area contributed by atoms with Crippen molar-refractivity contribution in [2.45, 2.75) is 17.0 Å². The lowest BCUT2D eigenvalue weighted by atomic mass is 10.3. The van der Waals surface area contributed by atoms with Gasteiger partial charge in [0.1, 0.15) is 5.75 Å². The number of ether oxygens (including phenoxy) is 1. The summed E-state index contributed by atoms with van der Waals surface area (Å²) in [4.78, 5) is 13.9. The van der Waals surface area contributed by atoms with E-state index in [1.807, 2.05) is 0 Å². The fraction of sp³-hybridized carbons (Fsp3) is 0.154. The summed E-state index contributed by atoms with van der Waals surface area (Å²) in [6.45, 7) is 0. The SMILES string of the molecule is O=c1cc[nH]cc1CS(=O)(=O)c1ccc(OC(F)(F)F)cc1. The highest BCUT2D eigenvalue weighted by Crippen LogP contribution is 2.24. The van der Waals surface area contributed by atoms with Gasteiger partial charge in [-0.1, -0.05) is 0 Å². The number of sulfone groups is 1. The predicted octanol–water partition coefficient (Wildman–Crippen LogP) is 2.25. The summed E-state index contributed by atoms with van der Waals surface area (Å²) in [6, 6.07) is 4.97. The molecule has 1 N–H and O–H groups in total. The molecule has 1 heterocycles. The molecule has 0 unspecified atom stereocenters. The number of H-pyrrole nitrogens is 1. The maximum absolute atomic E-state index is 12.1. The Morgan fingerprint density at radius 1 is 1.09 bits per heavy atom. The zero-order valence-electron chi connectivity index (χ0n) is 10.9. The van der Waals surface area contributed by atoms with E-state index in [1.165, 1.54) is 18.5 Å². The van der Waals surface area contributed by atoms with Crippen molar-refractivity contribution in [1.29, 1.82) is 0 Å². The quantitative estimate of drug-likeness (QED) is 0.931. The normalized spacial score (nSPS) is 12.1. The van der Waals surface area contributed by atoms with Crippen LogP contribution in [-0.4, -0.2) is 19.8 Å². The minimum atomic E-state index is -4.85. The van der Waals surface area contributed by atoms with Crippen LogP contribution >= 0.6 is 0 Å². The van der Waals surface area contributed by atoms with E-state index in [2.05, 4.69) is 9.72 Å². The van der Waals surface area contributed by atoms with Crippen LogP contribution in [0.4, 0.5) is 13.2 Å². The monoisotopic (exact) mass is 333 g/mol. The van der Waals surface area contributed by atoms with Gasteiger partial charge in [0.15, 0.2) is 15.3 Å². The second-order valence-electron chi connectivity index (χ2n) is 4.31. The molecule has 0 fully saturated rings. The van der Waals surface area contributed by atoms with Crippen molar-refractivity contribution in [3.05, 3.63) is 58.5 Å². The van der Waals surface area contributed by atoms with Gasteiger partial charge in [0.25, 0.3) is 0 Å². The predicted molar refractivity (Wildman–Crippen MR) is 71.1 cm³/mol. The molecule has 0 spiro atoms. The summed E-state index contributed by atoms with van der Waals surface area (Å²) in [5.74, 6) is -1.08. The number of halogens is 3. The summed E-state index contributed by atoms with van der Waals surface area (Å²) in [5, 5.41) is 0. The summed E-state index contributed by atoms with van der Waals surface area (Å²) in [5.41, 5.74) is -0.405. The van der Waals surface area contributed by atoms with E-state index < -0.39 is 33.1 Å². The fourth-order valence-corrected chi connectivity index (χ4v) is 3.05. The van der Waals surface area contributed by atoms with Crippen molar-refractivity contribution in [1.82, 2.24) is 4.98 Å². The standard InChI is InChI=1S/C13H10F3NO4S/c14-13(15,16)21-10-1-3-11(4-2-10)22(19,20)8-9-7-17-6-5-12(9)18/h1-7H,8H2,(H,17,18). The van der Waals surface area contributed by atoms with Crippen LogP contribution in [0.15, 0.2) is 52.4 Å². The first-order valence-corrected chi connectivity index (χ1v) is 7.57. The van der Waals surface area contributed by atoms with E-state index in [0.29, 0.717) is 0 Å². The molecule has 0 aliphatic carbocycles. The van der Waals surface area contributed by atoms with E-state index in [0.717, 1.165) is 24.3 Å². The van der Waals surface area contributed by atoms with Gasteiger partial charge in [0, 0.05) is 24.0 Å². The van der Waals surface area contributed by atoms with Gasteiger partial charge in [-0.15, -0.1) is 13.2 Å². The Labute approximate surface area is 123 Å². The number of alkyl halides is 3. The molecule has 2 rings (SSSR count). The van der Waals surface area contributed by atoms with Gasteiger partial charge in [-0.2, -0.15) is 0 Å². The molecule has 0 amide bonds. The van der Waals surface area contributed by atoms with Crippen LogP contribution < -0.4 is 10.2 Å². The molecule has 0 aliphatic rings. The lowest BCUT2D eigenvalue weighted by molar-refractivity contribution is -0.274. The average Bonchev–Trinajstić information content (AvgIpc) is 2.40. The first-order chi connectivity index (χ1) is 10.2. The molecule has 118 valence electrons. The Bertz CT molecular complexity index is 810. The molecule has 9 heteroatoms. The largest absolute Gasteiger partial charge is 0.573 e. The van der Waals surface area contributed by atoms with Crippen molar-refractivity contribution < 1.29 is 26.3 Å². The highest BCUT2D eigenvalue weighted by molar-refractivity contribution is 7.90. The number of hydrogen-bond donors (Lipinski definition) is 1. The van der Waals surface area contributed by atoms with Crippen LogP contribution in [0.2, 0.25) is 0 Å². The maximum Gasteiger partial charge on any atom is 0.573 e. The third-order valence-corrected chi connectivity index (χ3v) is 4.35. The lowest BCUT2D eigenvalue weighted by Gasteiger charge is -2.09. The minimum absolute atomic E-state index is 0.0399. The van der Waals surface area contributed by atoms with E-state index in [1.54, 1.807) is 0 Å². The molecule has 2 aromatic rings. The van der Waals surface area contributed by atoms with E-state index >= 15 is 0 Å². The van der Waals surface area contributed by atoms with Crippen LogP contribution in [0.25, 0.3) is 0 Å². The molecule has 0 radical (unpaired) electrons. The van der Waals surface area contributed by atoms with Gasteiger partial charge in [0.2, 0.25) is 0 Å². The van der Waals surface area contributed by atoms with Crippen molar-refractivity contribution >= 4 is 9.84 Å². The molecule has 5 nitrogen and oxygen atoms in total. The Morgan fingerprint density at radius 2 is 1.73 bits per heavy atom. The topological polar surface area (TPSA) is 76.2 Å². The summed E-state index contributed by atoms with van der Waals surface area (Å²) in [7, 11) is -3.85. The van der Waals surface area contributed by atoms with E-state index in [4.69, 9.17) is 0 Å². The summed E-state index contributed by atoms with van der Waals surface area (Å²) < 4.78 is 64.0. The van der Waals surface area contributed by atoms with Gasteiger partial charge >= 0.3 is 6.36 Å². The van der Waals surface area contributed by atoms with E-state index in [-0.39, 0.29) is 10.5 Å². The third-order valence-electron chi connectivity index (χ3n) is 2.67. The first kappa shape index (κ1) is 16.1. The molecule has 1 aromatic heterocycles. The zero-order valence-corrected chi connectivity index (χ0v) is 11.7. The van der Waals surface area contributed by atoms with Gasteiger partial charge in [-0.3, -0.25) is 4.79 Å². The number of nitrogens with one attached hydrogen (secondary N) is 1. The number of benzene rings is 1. The number of aromatic amines is 1. The molecule has 0 atom stereocenters. The Kier molecular flexibility index (Phi) is 4.27. The smallest absolute Gasteiger partial charge is 0.406 e. The van der Waals surface area contributed by atoms with Crippen LogP contribution in [0.3, 0.4) is 0 Å². The molecule has 0 saturated heterocycles. The van der Waals surface area contributed by atoms with Crippen LogP contribution in [0.5, 0.6) is 5.75 Å². The second kappa shape index (κ2) is 5.84. The number of pyridine rings is 1. The van der Waals surface area contributed by atoms with Crippen LogP contribution in [0.1, 0.15) is 5.56 Å². The van der Waals surface area contributed by atoms with Crippen LogP contribution in [-0.2, 0) is 15.6 Å². The van der Waals surface area contributed by atoms with Gasteiger partial charge in [-0.05, 0) is 24.3 Å². The van der Waals surface area contributed by atoms with Crippen molar-refractivity contribution in [2.75, 3.05) is 0 Å². The molecule has 0 saturated carbocycles. The van der Waals surface area contributed by atoms with E-state index in [9.17, 15) is 26.4 Å².